The lowest BCUT2D eigenvalue weighted by Gasteiger charge is -2.14. The molecule has 0 aliphatic carbocycles. The second kappa shape index (κ2) is 5.26. The van der Waals surface area contributed by atoms with Crippen LogP contribution in [0, 0.1) is 0 Å². The third-order valence-electron chi connectivity index (χ3n) is 1.87. The van der Waals surface area contributed by atoms with Gasteiger partial charge in [0.1, 0.15) is 0 Å². The topological polar surface area (TPSA) is 101 Å². The van der Waals surface area contributed by atoms with Gasteiger partial charge in [-0.1, -0.05) is 18.2 Å². The summed E-state index contributed by atoms with van der Waals surface area (Å²) in [6, 6.07) is 7.31. The van der Waals surface area contributed by atoms with Crippen molar-refractivity contribution in [2.24, 2.45) is 0 Å². The Hall–Kier alpha value is -1.44. The highest BCUT2D eigenvalue weighted by molar-refractivity contribution is 8.09. The Morgan fingerprint density at radius 3 is 2.35 bits per heavy atom. The maximum absolute atomic E-state index is 10.9. The van der Waals surface area contributed by atoms with Crippen LogP contribution in [0.15, 0.2) is 24.3 Å². The molecule has 17 heavy (non-hydrogen) atoms. The second-order valence-corrected chi connectivity index (χ2v) is 5.12. The number of fused-ring (bicyclic) bond motifs is 1. The van der Waals surface area contributed by atoms with E-state index in [-0.39, 0.29) is 12.2 Å². The molecule has 2 N–H and O–H groups in total. The number of ketones is 1. The molecule has 0 spiro atoms. The fourth-order valence-corrected chi connectivity index (χ4v) is 1.24. The molecule has 1 aromatic carbocycles. The summed E-state index contributed by atoms with van der Waals surface area (Å²) in [7, 11) is -0.137. The Bertz CT molecular complexity index is 511. The summed E-state index contributed by atoms with van der Waals surface area (Å²) in [4.78, 5) is 21.8. The fourth-order valence-electron chi connectivity index (χ4n) is 1.24. The molecule has 0 radical (unpaired) electrons. The van der Waals surface area contributed by atoms with Gasteiger partial charge in [-0.05, 0) is 11.6 Å². The number of carbonyl (C=O) groups excluding carboxylic acids is 2. The normalized spacial score (nSPS) is 14.2. The number of hydrogen-bond donors (Lipinski definition) is 2. The SMILES string of the molecule is O=C1Cc2ccccc2NC1=O.O=S(=O)(O)Cl. The lowest BCUT2D eigenvalue weighted by atomic mass is 10.0. The Labute approximate surface area is 102 Å². The Morgan fingerprint density at radius 1 is 1.24 bits per heavy atom. The molecule has 0 aromatic heterocycles. The zero-order valence-corrected chi connectivity index (χ0v) is 9.96. The molecule has 2 rings (SSSR count). The molecule has 1 amide bonds. The van der Waals surface area contributed by atoms with E-state index in [2.05, 4.69) is 16.0 Å². The lowest BCUT2D eigenvalue weighted by Crippen LogP contribution is -2.29. The largest absolute Gasteiger partial charge is 0.353 e. The van der Waals surface area contributed by atoms with Crippen molar-refractivity contribution in [3.8, 4) is 0 Å². The fraction of sp³-hybridized carbons (Fsp3) is 0.111. The van der Waals surface area contributed by atoms with E-state index in [0.29, 0.717) is 0 Å². The number of anilines is 1. The van der Waals surface area contributed by atoms with Gasteiger partial charge in [0.05, 0.1) is 0 Å². The van der Waals surface area contributed by atoms with Gasteiger partial charge in [0.2, 0.25) is 5.78 Å². The van der Waals surface area contributed by atoms with Crippen LogP contribution in [0.1, 0.15) is 5.56 Å². The van der Waals surface area contributed by atoms with Gasteiger partial charge in [-0.15, -0.1) is 0 Å². The summed E-state index contributed by atoms with van der Waals surface area (Å²) >= 11 is 0. The predicted octanol–water partition coefficient (Wildman–Crippen LogP) is 0.778. The van der Waals surface area contributed by atoms with E-state index in [1.807, 2.05) is 18.2 Å². The van der Waals surface area contributed by atoms with Gasteiger partial charge in [-0.2, -0.15) is 8.42 Å². The van der Waals surface area contributed by atoms with Crippen LogP contribution in [0.4, 0.5) is 5.69 Å². The van der Waals surface area contributed by atoms with Crippen LogP contribution < -0.4 is 5.32 Å². The van der Waals surface area contributed by atoms with Gasteiger partial charge >= 0.3 is 9.33 Å². The Balaban J connectivity index is 0.000000249. The molecular weight excluding hydrogens is 270 g/mol. The molecule has 0 atom stereocenters. The van der Waals surface area contributed by atoms with Gasteiger partial charge in [-0.3, -0.25) is 14.1 Å². The number of carbonyl (C=O) groups is 2. The molecule has 1 heterocycles. The number of benzene rings is 1. The van der Waals surface area contributed by atoms with E-state index >= 15 is 0 Å². The molecular formula is C9H8ClNO5S. The molecule has 0 fully saturated rings. The molecule has 6 nitrogen and oxygen atoms in total. The molecule has 0 saturated carbocycles. The summed E-state index contributed by atoms with van der Waals surface area (Å²) in [5.41, 5.74) is 1.64. The van der Waals surface area contributed by atoms with Crippen LogP contribution >= 0.6 is 10.7 Å². The second-order valence-electron chi connectivity index (χ2n) is 3.12. The first kappa shape index (κ1) is 13.6. The third-order valence-corrected chi connectivity index (χ3v) is 1.87. The van der Waals surface area contributed by atoms with Crippen molar-refractivity contribution in [2.45, 2.75) is 6.42 Å². The number of nitrogens with one attached hydrogen (secondary N) is 1. The van der Waals surface area contributed by atoms with Gasteiger partial charge in [0.25, 0.3) is 5.91 Å². The maximum atomic E-state index is 10.9. The Morgan fingerprint density at radius 2 is 1.76 bits per heavy atom. The Kier molecular flexibility index (Phi) is 4.22. The standard InChI is InChI=1S/C9H7NO2.ClHO3S/c11-8-5-6-3-1-2-4-7(6)10-9(8)12;1-5(2,3)4/h1-4H,5H2,(H,10,12);(H,2,3,4). The summed E-state index contributed by atoms with van der Waals surface area (Å²) in [6.45, 7) is 0. The van der Waals surface area contributed by atoms with Crippen molar-refractivity contribution < 1.29 is 22.6 Å². The minimum absolute atomic E-state index is 0.224. The number of Topliss-reactive ketones (excluding diaryl/α,β-unsaturated/α-hetero) is 1. The molecule has 0 saturated heterocycles. The quantitative estimate of drug-likeness (QED) is 0.415. The number of rotatable bonds is 0. The van der Waals surface area contributed by atoms with Crippen LogP contribution in [-0.4, -0.2) is 24.7 Å². The van der Waals surface area contributed by atoms with E-state index in [1.54, 1.807) is 6.07 Å². The molecule has 1 aliphatic heterocycles. The van der Waals surface area contributed by atoms with Crippen LogP contribution in [0.25, 0.3) is 0 Å². The maximum Gasteiger partial charge on any atom is 0.353 e. The van der Waals surface area contributed by atoms with Gasteiger partial charge < -0.3 is 5.32 Å². The van der Waals surface area contributed by atoms with E-state index in [0.717, 1.165) is 11.3 Å². The van der Waals surface area contributed by atoms with Gasteiger partial charge in [-0.25, -0.2) is 0 Å². The highest BCUT2D eigenvalue weighted by Crippen LogP contribution is 2.19. The van der Waals surface area contributed by atoms with Gasteiger partial charge in [0, 0.05) is 22.8 Å². The van der Waals surface area contributed by atoms with Crippen molar-refractivity contribution in [3.05, 3.63) is 29.8 Å². The van der Waals surface area contributed by atoms with Crippen molar-refractivity contribution in [1.82, 2.24) is 0 Å². The minimum Gasteiger partial charge on any atom is -0.319 e. The van der Waals surface area contributed by atoms with Crippen LogP contribution in [0.3, 0.4) is 0 Å². The predicted molar refractivity (Wildman–Crippen MR) is 61.2 cm³/mol. The molecule has 1 aromatic rings. The van der Waals surface area contributed by atoms with Crippen molar-refractivity contribution in [1.29, 1.82) is 0 Å². The van der Waals surface area contributed by atoms with Crippen LogP contribution in [0.2, 0.25) is 0 Å². The van der Waals surface area contributed by atoms with Crippen LogP contribution in [0.5, 0.6) is 0 Å². The van der Waals surface area contributed by atoms with E-state index < -0.39 is 15.2 Å². The average Bonchev–Trinajstić information content (AvgIpc) is 2.17. The van der Waals surface area contributed by atoms with Crippen LogP contribution in [-0.2, 0) is 25.3 Å². The number of halogens is 1. The van der Waals surface area contributed by atoms with Crippen molar-refractivity contribution in [3.63, 3.8) is 0 Å². The molecule has 0 bridgehead atoms. The molecule has 8 heteroatoms. The van der Waals surface area contributed by atoms with E-state index in [4.69, 9.17) is 13.0 Å². The van der Waals surface area contributed by atoms with Crippen molar-refractivity contribution in [2.75, 3.05) is 5.32 Å². The molecule has 0 unspecified atom stereocenters. The highest BCUT2D eigenvalue weighted by Gasteiger charge is 2.21. The zero-order chi connectivity index (χ0) is 13.1. The average molecular weight is 278 g/mol. The first-order valence-electron chi connectivity index (χ1n) is 4.36. The minimum atomic E-state index is -4.19. The highest BCUT2D eigenvalue weighted by atomic mass is 35.7. The first-order chi connectivity index (χ1) is 7.77. The van der Waals surface area contributed by atoms with E-state index in [1.165, 1.54) is 0 Å². The van der Waals surface area contributed by atoms with Gasteiger partial charge in [0.15, 0.2) is 0 Å². The lowest BCUT2D eigenvalue weighted by molar-refractivity contribution is -0.134. The smallest absolute Gasteiger partial charge is 0.319 e. The molecule has 92 valence electrons. The summed E-state index contributed by atoms with van der Waals surface area (Å²) < 4.78 is 25.2. The number of hydrogen-bond acceptors (Lipinski definition) is 4. The van der Waals surface area contributed by atoms with Crippen molar-refractivity contribution >= 4 is 37.4 Å². The first-order valence-corrected chi connectivity index (χ1v) is 6.63. The zero-order valence-electron chi connectivity index (χ0n) is 8.38. The summed E-state index contributed by atoms with van der Waals surface area (Å²) in [5.74, 6) is -0.873. The summed E-state index contributed by atoms with van der Waals surface area (Å²) in [6.07, 6.45) is 0.224. The monoisotopic (exact) mass is 277 g/mol. The number of amides is 1. The number of para-hydroxylation sites is 1. The molecule has 1 aliphatic rings. The summed E-state index contributed by atoms with van der Waals surface area (Å²) in [5, 5.41) is 2.52. The van der Waals surface area contributed by atoms with E-state index in [9.17, 15) is 9.59 Å². The third kappa shape index (κ3) is 4.94.